The van der Waals surface area contributed by atoms with E-state index in [-0.39, 0.29) is 0 Å². The predicted octanol–water partition coefficient (Wildman–Crippen LogP) is 2.80. The van der Waals surface area contributed by atoms with Crippen LogP contribution in [0.5, 0.6) is 0 Å². The second-order valence-electron chi connectivity index (χ2n) is 3.26. The third kappa shape index (κ3) is 3.17. The Hall–Kier alpha value is -0.220. The van der Waals surface area contributed by atoms with Crippen LogP contribution in [0.3, 0.4) is 0 Å². The van der Waals surface area contributed by atoms with E-state index >= 15 is 0 Å². The van der Waals surface area contributed by atoms with Gasteiger partial charge in [-0.2, -0.15) is 0 Å². The monoisotopic (exact) mass is 230 g/mol. The molecule has 2 nitrogen and oxygen atoms in total. The fourth-order valence-electron chi connectivity index (χ4n) is 1.18. The second-order valence-corrected chi connectivity index (χ2v) is 5.29. The zero-order valence-electron chi connectivity index (χ0n) is 8.38. The summed E-state index contributed by atoms with van der Waals surface area (Å²) in [5.41, 5.74) is 3.72. The Kier molecular flexibility index (Phi) is 4.75. The van der Waals surface area contributed by atoms with E-state index in [1.54, 1.807) is 11.8 Å². The predicted molar refractivity (Wildman–Crippen MR) is 63.5 cm³/mol. The molecule has 14 heavy (non-hydrogen) atoms. The average molecular weight is 231 g/mol. The summed E-state index contributed by atoms with van der Waals surface area (Å²) in [6, 6.07) is 5.93. The summed E-state index contributed by atoms with van der Waals surface area (Å²) in [7, 11) is 0. The molecule has 1 aromatic carbocycles. The summed E-state index contributed by atoms with van der Waals surface area (Å²) in [5.74, 6) is 5.31. The Morgan fingerprint density at radius 3 is 2.79 bits per heavy atom. The average Bonchev–Trinajstić information content (AvgIpc) is 2.10. The first-order valence-corrected chi connectivity index (χ1v) is 5.78. The molecule has 0 amide bonds. The highest BCUT2D eigenvalue weighted by atomic mass is 35.5. The minimum atomic E-state index is 0.546. The maximum Gasteiger partial charge on any atom is 0.0462 e. The van der Waals surface area contributed by atoms with Crippen molar-refractivity contribution in [2.24, 2.45) is 5.84 Å². The van der Waals surface area contributed by atoms with Gasteiger partial charge < -0.3 is 0 Å². The number of hydrogen-bond acceptors (Lipinski definition) is 3. The molecule has 0 aliphatic rings. The molecule has 0 saturated carbocycles. The standard InChI is InChI=1S/C10H15ClN2S/c1-7(2)14-10-5-3-4-9(11)8(10)6-13-12/h3-5,7,13H,6,12H2,1-2H3. The van der Waals surface area contributed by atoms with E-state index in [1.807, 2.05) is 12.1 Å². The van der Waals surface area contributed by atoms with E-state index < -0.39 is 0 Å². The van der Waals surface area contributed by atoms with Crippen LogP contribution in [0.15, 0.2) is 23.1 Å². The van der Waals surface area contributed by atoms with E-state index in [0.717, 1.165) is 10.6 Å². The Balaban J connectivity index is 2.95. The van der Waals surface area contributed by atoms with Crippen molar-refractivity contribution in [3.05, 3.63) is 28.8 Å². The SMILES string of the molecule is CC(C)Sc1cccc(Cl)c1CNN. The summed E-state index contributed by atoms with van der Waals surface area (Å²) in [5, 5.41) is 1.32. The van der Waals surface area contributed by atoms with Crippen LogP contribution in [0.25, 0.3) is 0 Å². The van der Waals surface area contributed by atoms with Gasteiger partial charge in [0.25, 0.3) is 0 Å². The third-order valence-corrected chi connectivity index (χ3v) is 3.18. The van der Waals surface area contributed by atoms with Crippen LogP contribution in [0.2, 0.25) is 5.02 Å². The van der Waals surface area contributed by atoms with E-state index in [4.69, 9.17) is 17.4 Å². The lowest BCUT2D eigenvalue weighted by atomic mass is 10.2. The fraction of sp³-hybridized carbons (Fsp3) is 0.400. The Morgan fingerprint density at radius 1 is 1.50 bits per heavy atom. The van der Waals surface area contributed by atoms with Crippen molar-refractivity contribution in [1.29, 1.82) is 0 Å². The number of nitrogens with one attached hydrogen (secondary N) is 1. The summed E-state index contributed by atoms with van der Waals surface area (Å²) in [6.45, 7) is 4.92. The third-order valence-electron chi connectivity index (χ3n) is 1.72. The highest BCUT2D eigenvalue weighted by Crippen LogP contribution is 2.30. The highest BCUT2D eigenvalue weighted by Gasteiger charge is 2.07. The molecule has 0 unspecified atom stereocenters. The molecule has 0 fully saturated rings. The van der Waals surface area contributed by atoms with Crippen molar-refractivity contribution in [3.8, 4) is 0 Å². The number of rotatable bonds is 4. The normalized spacial score (nSPS) is 10.9. The molecule has 0 heterocycles. The zero-order valence-corrected chi connectivity index (χ0v) is 9.95. The lowest BCUT2D eigenvalue weighted by Gasteiger charge is -2.12. The van der Waals surface area contributed by atoms with Crippen LogP contribution in [0.4, 0.5) is 0 Å². The quantitative estimate of drug-likeness (QED) is 0.475. The molecule has 0 radical (unpaired) electrons. The Morgan fingerprint density at radius 2 is 2.21 bits per heavy atom. The number of hydrogen-bond donors (Lipinski definition) is 2. The number of nitrogens with two attached hydrogens (primary N) is 1. The van der Waals surface area contributed by atoms with Gasteiger partial charge in [0.2, 0.25) is 0 Å². The van der Waals surface area contributed by atoms with E-state index in [2.05, 4.69) is 25.3 Å². The van der Waals surface area contributed by atoms with Gasteiger partial charge in [-0.05, 0) is 17.7 Å². The van der Waals surface area contributed by atoms with Crippen molar-refractivity contribution in [2.45, 2.75) is 30.5 Å². The van der Waals surface area contributed by atoms with Crippen molar-refractivity contribution in [1.82, 2.24) is 5.43 Å². The van der Waals surface area contributed by atoms with Gasteiger partial charge in [0.05, 0.1) is 0 Å². The molecule has 0 aromatic heterocycles. The van der Waals surface area contributed by atoms with Gasteiger partial charge in [-0.15, -0.1) is 11.8 Å². The molecule has 0 bridgehead atoms. The number of thioether (sulfide) groups is 1. The van der Waals surface area contributed by atoms with Gasteiger partial charge in [-0.1, -0.05) is 31.5 Å². The zero-order chi connectivity index (χ0) is 10.6. The minimum Gasteiger partial charge on any atom is -0.271 e. The second kappa shape index (κ2) is 5.61. The smallest absolute Gasteiger partial charge is 0.0462 e. The first-order valence-electron chi connectivity index (χ1n) is 4.52. The molecule has 3 N–H and O–H groups in total. The van der Waals surface area contributed by atoms with E-state index in [9.17, 15) is 0 Å². The van der Waals surface area contributed by atoms with E-state index in [1.165, 1.54) is 4.90 Å². The molecule has 0 saturated heterocycles. The van der Waals surface area contributed by atoms with Crippen LogP contribution in [0.1, 0.15) is 19.4 Å². The summed E-state index contributed by atoms with van der Waals surface area (Å²) >= 11 is 7.88. The number of halogens is 1. The molecular weight excluding hydrogens is 216 g/mol. The molecule has 0 aliphatic carbocycles. The molecule has 1 rings (SSSR count). The van der Waals surface area contributed by atoms with Crippen molar-refractivity contribution >= 4 is 23.4 Å². The lowest BCUT2D eigenvalue weighted by molar-refractivity contribution is 0.731. The highest BCUT2D eigenvalue weighted by molar-refractivity contribution is 8.00. The number of hydrazine groups is 1. The molecular formula is C10H15ClN2S. The van der Waals surface area contributed by atoms with Crippen LogP contribution in [0, 0.1) is 0 Å². The molecule has 0 aliphatic heterocycles. The van der Waals surface area contributed by atoms with Crippen LogP contribution in [-0.2, 0) is 6.54 Å². The molecule has 1 aromatic rings. The van der Waals surface area contributed by atoms with Gasteiger partial charge in [0.15, 0.2) is 0 Å². The summed E-state index contributed by atoms with van der Waals surface area (Å²) in [4.78, 5) is 1.20. The first kappa shape index (κ1) is 11.9. The largest absolute Gasteiger partial charge is 0.271 e. The van der Waals surface area contributed by atoms with Crippen molar-refractivity contribution < 1.29 is 0 Å². The van der Waals surface area contributed by atoms with Gasteiger partial charge in [-0.3, -0.25) is 11.3 Å². The maximum absolute atomic E-state index is 6.08. The fourth-order valence-corrected chi connectivity index (χ4v) is 2.46. The van der Waals surface area contributed by atoms with Gasteiger partial charge in [0, 0.05) is 21.7 Å². The van der Waals surface area contributed by atoms with Gasteiger partial charge >= 0.3 is 0 Å². The molecule has 0 spiro atoms. The molecule has 4 heteroatoms. The van der Waals surface area contributed by atoms with Crippen LogP contribution in [-0.4, -0.2) is 5.25 Å². The first-order chi connectivity index (χ1) is 6.65. The van der Waals surface area contributed by atoms with Crippen LogP contribution < -0.4 is 11.3 Å². The number of benzene rings is 1. The summed E-state index contributed by atoms with van der Waals surface area (Å²) in [6.07, 6.45) is 0. The molecule has 0 atom stereocenters. The maximum atomic E-state index is 6.08. The Bertz CT molecular complexity index is 302. The van der Waals surface area contributed by atoms with E-state index in [0.29, 0.717) is 11.8 Å². The summed E-state index contributed by atoms with van der Waals surface area (Å²) < 4.78 is 0. The lowest BCUT2D eigenvalue weighted by Crippen LogP contribution is -2.21. The topological polar surface area (TPSA) is 38.0 Å². The molecule has 78 valence electrons. The van der Waals surface area contributed by atoms with Gasteiger partial charge in [-0.25, -0.2) is 0 Å². The van der Waals surface area contributed by atoms with Gasteiger partial charge in [0.1, 0.15) is 0 Å². The van der Waals surface area contributed by atoms with Crippen molar-refractivity contribution in [2.75, 3.05) is 0 Å². The Labute approximate surface area is 94.2 Å². The minimum absolute atomic E-state index is 0.546. The van der Waals surface area contributed by atoms with Crippen LogP contribution >= 0.6 is 23.4 Å². The van der Waals surface area contributed by atoms with Crippen molar-refractivity contribution in [3.63, 3.8) is 0 Å².